The van der Waals surface area contributed by atoms with Crippen molar-refractivity contribution in [2.24, 2.45) is 0 Å². The van der Waals surface area contributed by atoms with Gasteiger partial charge in [-0.3, -0.25) is 9.59 Å². The summed E-state index contributed by atoms with van der Waals surface area (Å²) in [5.74, 6) is -5.45. The lowest BCUT2D eigenvalue weighted by molar-refractivity contribution is -0.143. The summed E-state index contributed by atoms with van der Waals surface area (Å²) in [5.41, 5.74) is 3.98. The Morgan fingerprint density at radius 1 is 0.800 bits per heavy atom. The Hall–Kier alpha value is -4.41. The van der Waals surface area contributed by atoms with Gasteiger partial charge in [-0.2, -0.15) is 0 Å². The lowest BCUT2D eigenvalue weighted by Gasteiger charge is -2.18. The molecule has 0 bridgehead atoms. The smallest absolute Gasteiger partial charge is 0.407 e. The van der Waals surface area contributed by atoms with Crippen LogP contribution in [-0.4, -0.2) is 63.9 Å². The van der Waals surface area contributed by atoms with Crippen molar-refractivity contribution < 1.29 is 44.0 Å². The number of hydrogen-bond acceptors (Lipinski definition) is 6. The molecule has 0 heterocycles. The van der Waals surface area contributed by atoms with E-state index in [-0.39, 0.29) is 18.9 Å². The molecule has 11 nitrogen and oxygen atoms in total. The first-order valence-electron chi connectivity index (χ1n) is 10.8. The van der Waals surface area contributed by atoms with Crippen molar-refractivity contribution in [3.05, 3.63) is 59.7 Å². The summed E-state index contributed by atoms with van der Waals surface area (Å²) in [7, 11) is 0. The molecule has 0 saturated heterocycles. The Kier molecular flexibility index (Phi) is 8.03. The molecule has 2 unspecified atom stereocenters. The first-order valence-corrected chi connectivity index (χ1v) is 10.8. The number of carboxylic acids is 3. The van der Waals surface area contributed by atoms with Crippen molar-refractivity contribution in [1.82, 2.24) is 10.6 Å². The predicted molar refractivity (Wildman–Crippen MR) is 121 cm³/mol. The number of benzene rings is 2. The molecule has 3 rings (SSSR count). The zero-order valence-corrected chi connectivity index (χ0v) is 18.5. The number of carbonyl (C=O) groups excluding carboxylic acids is 2. The van der Waals surface area contributed by atoms with Crippen LogP contribution in [0.15, 0.2) is 48.5 Å². The topological polar surface area (TPSA) is 179 Å². The summed E-state index contributed by atoms with van der Waals surface area (Å²) in [6, 6.07) is 12.2. The normalized spacial score (nSPS) is 13.6. The van der Waals surface area contributed by atoms with E-state index in [4.69, 9.17) is 14.9 Å². The number of fused-ring (bicyclic) bond motifs is 3. The van der Waals surface area contributed by atoms with Gasteiger partial charge in [-0.15, -0.1) is 0 Å². The fourth-order valence-electron chi connectivity index (χ4n) is 3.95. The molecule has 2 atom stereocenters. The molecule has 0 spiro atoms. The van der Waals surface area contributed by atoms with Gasteiger partial charge >= 0.3 is 24.0 Å². The summed E-state index contributed by atoms with van der Waals surface area (Å²) in [5, 5.41) is 31.4. The molecule has 2 amide bonds. The standard InChI is InChI=1S/C24H24N2O9/c27-20(25-18(22(30)31)9-10-21(28)29)11-19(23(32)33)26-24(34)35-12-17-15-7-3-1-5-13(15)14-6-2-4-8-16(14)17/h1-8,17-19H,9-12H2,(H,25,27)(H,26,34)(H,28,29)(H,30,31)(H,32,33). The Morgan fingerprint density at radius 3 is 1.86 bits per heavy atom. The fraction of sp³-hybridized carbons (Fsp3) is 0.292. The average molecular weight is 484 g/mol. The number of amides is 2. The molecule has 2 aromatic carbocycles. The highest BCUT2D eigenvalue weighted by Gasteiger charge is 2.31. The van der Waals surface area contributed by atoms with Crippen LogP contribution in [0.3, 0.4) is 0 Å². The van der Waals surface area contributed by atoms with Crippen LogP contribution in [0.25, 0.3) is 11.1 Å². The van der Waals surface area contributed by atoms with Gasteiger partial charge in [-0.1, -0.05) is 48.5 Å². The number of aliphatic carboxylic acids is 3. The third-order valence-corrected chi connectivity index (χ3v) is 5.60. The summed E-state index contributed by atoms with van der Waals surface area (Å²) < 4.78 is 5.28. The van der Waals surface area contributed by atoms with Crippen molar-refractivity contribution in [3.8, 4) is 11.1 Å². The van der Waals surface area contributed by atoms with Crippen LogP contribution in [-0.2, 0) is 23.9 Å². The molecule has 0 radical (unpaired) electrons. The molecule has 35 heavy (non-hydrogen) atoms. The van der Waals surface area contributed by atoms with Gasteiger partial charge in [-0.25, -0.2) is 14.4 Å². The van der Waals surface area contributed by atoms with Crippen LogP contribution in [0.1, 0.15) is 36.3 Å². The van der Waals surface area contributed by atoms with Gasteiger partial charge < -0.3 is 30.7 Å². The molecule has 184 valence electrons. The Balaban J connectivity index is 1.59. The highest BCUT2D eigenvalue weighted by molar-refractivity contribution is 5.89. The fourth-order valence-corrected chi connectivity index (χ4v) is 3.95. The number of hydrogen-bond donors (Lipinski definition) is 5. The van der Waals surface area contributed by atoms with E-state index in [1.54, 1.807) is 0 Å². The molecular weight excluding hydrogens is 460 g/mol. The molecule has 11 heteroatoms. The van der Waals surface area contributed by atoms with Gasteiger partial charge in [0.25, 0.3) is 0 Å². The van der Waals surface area contributed by atoms with Crippen molar-refractivity contribution in [3.63, 3.8) is 0 Å². The van der Waals surface area contributed by atoms with Crippen LogP contribution in [0.5, 0.6) is 0 Å². The quantitative estimate of drug-likeness (QED) is 0.318. The summed E-state index contributed by atoms with van der Waals surface area (Å²) in [6.07, 6.45) is -2.70. The minimum absolute atomic E-state index is 0.0608. The first-order chi connectivity index (χ1) is 16.7. The first kappa shape index (κ1) is 25.2. The highest BCUT2D eigenvalue weighted by Crippen LogP contribution is 2.44. The van der Waals surface area contributed by atoms with Gasteiger partial charge in [0.2, 0.25) is 5.91 Å². The van der Waals surface area contributed by atoms with Crippen molar-refractivity contribution in [2.45, 2.75) is 37.3 Å². The molecule has 0 aromatic heterocycles. The SMILES string of the molecule is O=C(O)CCC(NC(=O)CC(NC(=O)OCC1c2ccccc2-c2ccccc21)C(=O)O)C(=O)O. The number of rotatable bonds is 11. The van der Waals surface area contributed by atoms with E-state index >= 15 is 0 Å². The lowest BCUT2D eigenvalue weighted by atomic mass is 9.98. The minimum atomic E-state index is -1.68. The van der Waals surface area contributed by atoms with E-state index in [0.717, 1.165) is 22.3 Å². The molecule has 0 fully saturated rings. The van der Waals surface area contributed by atoms with Gasteiger partial charge in [0.15, 0.2) is 0 Å². The van der Waals surface area contributed by atoms with Gasteiger partial charge in [0.1, 0.15) is 18.7 Å². The second kappa shape index (κ2) is 11.1. The zero-order chi connectivity index (χ0) is 25.5. The molecule has 5 N–H and O–H groups in total. The molecule has 0 aliphatic heterocycles. The Labute approximate surface area is 199 Å². The lowest BCUT2D eigenvalue weighted by Crippen LogP contribution is -2.47. The predicted octanol–water partition coefficient (Wildman–Crippen LogP) is 1.80. The maximum Gasteiger partial charge on any atom is 0.407 e. The van der Waals surface area contributed by atoms with Crippen molar-refractivity contribution >= 4 is 29.9 Å². The number of alkyl carbamates (subject to hydrolysis) is 1. The largest absolute Gasteiger partial charge is 0.481 e. The van der Waals surface area contributed by atoms with E-state index in [1.807, 2.05) is 48.5 Å². The average Bonchev–Trinajstić information content (AvgIpc) is 3.13. The minimum Gasteiger partial charge on any atom is -0.481 e. The van der Waals surface area contributed by atoms with Crippen molar-refractivity contribution in [1.29, 1.82) is 0 Å². The maximum absolute atomic E-state index is 12.3. The molecular formula is C24H24N2O9. The van der Waals surface area contributed by atoms with Crippen LogP contribution in [0, 0.1) is 0 Å². The number of nitrogens with one attached hydrogen (secondary N) is 2. The summed E-state index contributed by atoms with van der Waals surface area (Å²) in [4.78, 5) is 57.9. The third-order valence-electron chi connectivity index (χ3n) is 5.60. The number of ether oxygens (including phenoxy) is 1. The Morgan fingerprint density at radius 2 is 1.34 bits per heavy atom. The second-order valence-electron chi connectivity index (χ2n) is 7.96. The van der Waals surface area contributed by atoms with Gasteiger partial charge in [0, 0.05) is 12.3 Å². The van der Waals surface area contributed by atoms with Crippen LogP contribution < -0.4 is 10.6 Å². The monoisotopic (exact) mass is 484 g/mol. The second-order valence-corrected chi connectivity index (χ2v) is 7.96. The molecule has 1 aliphatic rings. The molecule has 1 aliphatic carbocycles. The van der Waals surface area contributed by atoms with Crippen LogP contribution >= 0.6 is 0 Å². The summed E-state index contributed by atoms with van der Waals surface area (Å²) in [6.45, 7) is -0.0608. The number of carbonyl (C=O) groups is 5. The van der Waals surface area contributed by atoms with Crippen LogP contribution in [0.2, 0.25) is 0 Å². The van der Waals surface area contributed by atoms with E-state index in [0.29, 0.717) is 0 Å². The van der Waals surface area contributed by atoms with Gasteiger partial charge in [0.05, 0.1) is 6.42 Å². The molecule has 0 saturated carbocycles. The van der Waals surface area contributed by atoms with E-state index in [1.165, 1.54) is 0 Å². The Bertz CT molecular complexity index is 1100. The van der Waals surface area contributed by atoms with Crippen molar-refractivity contribution in [2.75, 3.05) is 6.61 Å². The highest BCUT2D eigenvalue weighted by atomic mass is 16.5. The van der Waals surface area contributed by atoms with Crippen LogP contribution in [0.4, 0.5) is 4.79 Å². The summed E-state index contributed by atoms with van der Waals surface area (Å²) >= 11 is 0. The van der Waals surface area contributed by atoms with E-state index in [2.05, 4.69) is 10.6 Å². The molecule has 2 aromatic rings. The number of carboxylic acid groups (broad SMARTS) is 3. The maximum atomic E-state index is 12.3. The van der Waals surface area contributed by atoms with E-state index in [9.17, 15) is 29.1 Å². The van der Waals surface area contributed by atoms with Gasteiger partial charge in [-0.05, 0) is 28.7 Å². The van der Waals surface area contributed by atoms with E-state index < -0.39 is 54.8 Å². The third kappa shape index (κ3) is 6.34. The zero-order valence-electron chi connectivity index (χ0n) is 18.5.